The van der Waals surface area contributed by atoms with Gasteiger partial charge in [0.15, 0.2) is 5.78 Å². The summed E-state index contributed by atoms with van der Waals surface area (Å²) < 4.78 is 0. The van der Waals surface area contributed by atoms with Crippen molar-refractivity contribution in [1.82, 2.24) is 5.32 Å². The number of aliphatic hydroxyl groups is 2. The monoisotopic (exact) mass is 332 g/mol. The number of aliphatic hydroxyl groups excluding tert-OH is 2. The molecule has 0 aliphatic carbocycles. The highest BCUT2D eigenvalue weighted by Crippen LogP contribution is 2.19. The van der Waals surface area contributed by atoms with E-state index in [1.165, 1.54) is 0 Å². The summed E-state index contributed by atoms with van der Waals surface area (Å²) in [4.78, 5) is 24.1. The highest BCUT2D eigenvalue weighted by molar-refractivity contribution is 5.96. The van der Waals surface area contributed by atoms with Gasteiger partial charge in [0, 0.05) is 23.9 Å². The van der Waals surface area contributed by atoms with Crippen LogP contribution >= 0.6 is 0 Å². The van der Waals surface area contributed by atoms with E-state index < -0.39 is 17.4 Å². The van der Waals surface area contributed by atoms with Gasteiger partial charge in [-0.1, -0.05) is 32.9 Å². The van der Waals surface area contributed by atoms with Gasteiger partial charge >= 0.3 is 0 Å². The van der Waals surface area contributed by atoms with E-state index in [1.807, 2.05) is 13.0 Å². The van der Waals surface area contributed by atoms with Gasteiger partial charge in [-0.3, -0.25) is 9.59 Å². The van der Waals surface area contributed by atoms with Crippen LogP contribution in [0.1, 0.15) is 43.1 Å². The quantitative estimate of drug-likeness (QED) is 0.621. The fourth-order valence-corrected chi connectivity index (χ4v) is 2.08. The molecule has 6 nitrogen and oxygen atoms in total. The molecule has 0 aliphatic heterocycles. The van der Waals surface area contributed by atoms with E-state index in [9.17, 15) is 19.8 Å². The molecular formula is C18H24N2O4. The van der Waals surface area contributed by atoms with Crippen LogP contribution in [0.5, 0.6) is 0 Å². The number of ketones is 1. The van der Waals surface area contributed by atoms with Crippen LogP contribution in [0.3, 0.4) is 0 Å². The Morgan fingerprint density at radius 2 is 2.04 bits per heavy atom. The zero-order valence-corrected chi connectivity index (χ0v) is 14.2. The first kappa shape index (κ1) is 19.8. The van der Waals surface area contributed by atoms with Crippen molar-refractivity contribution in [3.63, 3.8) is 0 Å². The average Bonchev–Trinajstić information content (AvgIpc) is 2.58. The number of rotatable bonds is 8. The molecule has 1 aromatic rings. The first-order valence-corrected chi connectivity index (χ1v) is 7.81. The van der Waals surface area contributed by atoms with E-state index in [0.29, 0.717) is 11.1 Å². The van der Waals surface area contributed by atoms with Crippen molar-refractivity contribution in [2.75, 3.05) is 13.2 Å². The Kier molecular flexibility index (Phi) is 7.08. The number of hydrogen-bond acceptors (Lipinski definition) is 5. The third kappa shape index (κ3) is 5.44. The second-order valence-electron chi connectivity index (χ2n) is 6.72. The van der Waals surface area contributed by atoms with Gasteiger partial charge in [0.1, 0.15) is 6.10 Å². The lowest BCUT2D eigenvalue weighted by molar-refractivity contribution is -0.137. The molecule has 2 atom stereocenters. The molecule has 24 heavy (non-hydrogen) atoms. The summed E-state index contributed by atoms with van der Waals surface area (Å²) in [6.07, 6.45) is -1.10. The topological polar surface area (TPSA) is 110 Å². The number of nitrogens with one attached hydrogen (secondary N) is 1. The number of nitriles is 1. The minimum Gasteiger partial charge on any atom is -0.396 e. The average molecular weight is 332 g/mol. The SMILES string of the molecule is C[C@@H](CNC(=O)[C@H](O)C(C)(C)CO)CC(=O)c1cccc(C#N)c1. The molecule has 1 aromatic carbocycles. The van der Waals surface area contributed by atoms with Crippen LogP contribution in [0.15, 0.2) is 24.3 Å². The van der Waals surface area contributed by atoms with E-state index in [4.69, 9.17) is 5.26 Å². The van der Waals surface area contributed by atoms with Crippen molar-refractivity contribution in [3.05, 3.63) is 35.4 Å². The lowest BCUT2D eigenvalue weighted by Crippen LogP contribution is -2.46. The number of benzene rings is 1. The van der Waals surface area contributed by atoms with Crippen LogP contribution in [-0.4, -0.2) is 41.2 Å². The number of hydrogen-bond donors (Lipinski definition) is 3. The molecule has 0 aliphatic rings. The molecule has 0 saturated carbocycles. The van der Waals surface area contributed by atoms with Gasteiger partial charge in [-0.2, -0.15) is 5.26 Å². The van der Waals surface area contributed by atoms with Crippen molar-refractivity contribution < 1.29 is 19.8 Å². The maximum atomic E-state index is 12.2. The van der Waals surface area contributed by atoms with Crippen LogP contribution in [-0.2, 0) is 4.79 Å². The zero-order valence-electron chi connectivity index (χ0n) is 14.2. The minimum atomic E-state index is -1.32. The number of carbonyl (C=O) groups excluding carboxylic acids is 2. The van der Waals surface area contributed by atoms with Crippen LogP contribution in [0.2, 0.25) is 0 Å². The fraction of sp³-hybridized carbons (Fsp3) is 0.500. The van der Waals surface area contributed by atoms with Crippen LogP contribution in [0.4, 0.5) is 0 Å². The summed E-state index contributed by atoms with van der Waals surface area (Å²) in [6, 6.07) is 8.48. The summed E-state index contributed by atoms with van der Waals surface area (Å²) in [6.45, 7) is 4.92. The fourth-order valence-electron chi connectivity index (χ4n) is 2.08. The zero-order chi connectivity index (χ0) is 18.3. The van der Waals surface area contributed by atoms with Gasteiger partial charge in [-0.25, -0.2) is 0 Å². The normalized spacial score (nSPS) is 13.7. The van der Waals surface area contributed by atoms with Crippen molar-refractivity contribution in [3.8, 4) is 6.07 Å². The van der Waals surface area contributed by atoms with E-state index in [0.717, 1.165) is 0 Å². The second kappa shape index (κ2) is 8.57. The van der Waals surface area contributed by atoms with Gasteiger partial charge in [0.25, 0.3) is 0 Å². The maximum Gasteiger partial charge on any atom is 0.249 e. The Hall–Kier alpha value is -2.23. The van der Waals surface area contributed by atoms with E-state index in [2.05, 4.69) is 5.32 Å². The first-order valence-electron chi connectivity index (χ1n) is 7.81. The third-order valence-electron chi connectivity index (χ3n) is 3.87. The predicted molar refractivity (Wildman–Crippen MR) is 89.2 cm³/mol. The van der Waals surface area contributed by atoms with E-state index in [-0.39, 0.29) is 31.3 Å². The summed E-state index contributed by atoms with van der Waals surface area (Å²) in [7, 11) is 0. The Balaban J connectivity index is 2.54. The highest BCUT2D eigenvalue weighted by Gasteiger charge is 2.32. The molecule has 0 unspecified atom stereocenters. The molecule has 0 saturated heterocycles. The van der Waals surface area contributed by atoms with Gasteiger partial charge in [0.2, 0.25) is 5.91 Å². The van der Waals surface area contributed by atoms with Gasteiger partial charge in [-0.05, 0) is 18.1 Å². The molecule has 0 radical (unpaired) electrons. The summed E-state index contributed by atoms with van der Waals surface area (Å²) >= 11 is 0. The predicted octanol–water partition coefficient (Wildman–Crippen LogP) is 1.26. The van der Waals surface area contributed by atoms with Gasteiger partial charge in [0.05, 0.1) is 18.2 Å². The summed E-state index contributed by atoms with van der Waals surface area (Å²) in [5.74, 6) is -0.804. The largest absolute Gasteiger partial charge is 0.396 e. The van der Waals surface area contributed by atoms with Crippen molar-refractivity contribution >= 4 is 11.7 Å². The minimum absolute atomic E-state index is 0.106. The van der Waals surface area contributed by atoms with E-state index >= 15 is 0 Å². The third-order valence-corrected chi connectivity index (χ3v) is 3.87. The summed E-state index contributed by atoms with van der Waals surface area (Å²) in [5, 5.41) is 30.5. The summed E-state index contributed by atoms with van der Waals surface area (Å²) in [5.41, 5.74) is -0.0363. The Morgan fingerprint density at radius 3 is 2.62 bits per heavy atom. The van der Waals surface area contributed by atoms with Gasteiger partial charge in [-0.15, -0.1) is 0 Å². The molecule has 0 fully saturated rings. The molecule has 0 bridgehead atoms. The number of nitrogens with zero attached hydrogens (tertiary/aromatic N) is 1. The van der Waals surface area contributed by atoms with Crippen molar-refractivity contribution in [2.24, 2.45) is 11.3 Å². The lowest BCUT2D eigenvalue weighted by atomic mass is 9.87. The molecule has 0 spiro atoms. The molecule has 0 heterocycles. The molecule has 6 heteroatoms. The van der Waals surface area contributed by atoms with Crippen molar-refractivity contribution in [2.45, 2.75) is 33.3 Å². The van der Waals surface area contributed by atoms with Crippen LogP contribution in [0, 0.1) is 22.7 Å². The van der Waals surface area contributed by atoms with Crippen LogP contribution in [0.25, 0.3) is 0 Å². The van der Waals surface area contributed by atoms with Gasteiger partial charge < -0.3 is 15.5 Å². The number of amides is 1. The molecule has 0 aromatic heterocycles. The molecular weight excluding hydrogens is 308 g/mol. The Bertz CT molecular complexity index is 634. The Morgan fingerprint density at radius 1 is 1.38 bits per heavy atom. The van der Waals surface area contributed by atoms with E-state index in [1.54, 1.807) is 38.1 Å². The molecule has 130 valence electrons. The smallest absolute Gasteiger partial charge is 0.249 e. The van der Waals surface area contributed by atoms with Crippen molar-refractivity contribution in [1.29, 1.82) is 5.26 Å². The Labute approximate surface area is 142 Å². The molecule has 1 rings (SSSR count). The number of Topliss-reactive ketones (excluding diaryl/α,β-unsaturated/α-hetero) is 1. The first-order chi connectivity index (χ1) is 11.2. The standard InChI is InChI=1S/C18H24N2O4/c1-12(10-20-17(24)16(23)18(2,3)11-21)7-15(22)14-6-4-5-13(8-14)9-19/h4-6,8,12,16,21,23H,7,10-11H2,1-3H3,(H,20,24)/t12-,16+/m1/s1. The molecule has 3 N–H and O–H groups in total. The molecule has 1 amide bonds. The number of carbonyl (C=O) groups is 2. The highest BCUT2D eigenvalue weighted by atomic mass is 16.3. The lowest BCUT2D eigenvalue weighted by Gasteiger charge is -2.27. The maximum absolute atomic E-state index is 12.2. The van der Waals surface area contributed by atoms with Crippen LogP contribution < -0.4 is 5.32 Å². The second-order valence-corrected chi connectivity index (χ2v) is 6.72.